The van der Waals surface area contributed by atoms with Crippen molar-refractivity contribution < 1.29 is 0 Å². The Hall–Kier alpha value is -3.29. The maximum absolute atomic E-state index is 5.04. The summed E-state index contributed by atoms with van der Waals surface area (Å²) in [5.74, 6) is 0.980. The Bertz CT molecular complexity index is 1280. The van der Waals surface area contributed by atoms with Crippen LogP contribution in [0, 0.1) is 0 Å². The van der Waals surface area contributed by atoms with Crippen molar-refractivity contribution in [2.45, 2.75) is 31.8 Å². The maximum Gasteiger partial charge on any atom is 0.137 e. The van der Waals surface area contributed by atoms with E-state index in [9.17, 15) is 0 Å². The molecule has 1 atom stereocenters. The molecule has 0 saturated carbocycles. The molecular weight excluding hydrogens is 434 g/mol. The lowest BCUT2D eigenvalue weighted by Crippen LogP contribution is -2.29. The molecule has 7 nitrogen and oxygen atoms in total. The van der Waals surface area contributed by atoms with Crippen molar-refractivity contribution in [1.82, 2.24) is 29.2 Å². The van der Waals surface area contributed by atoms with E-state index >= 15 is 0 Å². The van der Waals surface area contributed by atoms with Crippen LogP contribution >= 0.6 is 0 Å². The van der Waals surface area contributed by atoms with Gasteiger partial charge in [-0.3, -0.25) is 14.3 Å². The molecule has 0 fully saturated rings. The molecule has 4 aromatic rings. The van der Waals surface area contributed by atoms with E-state index in [2.05, 4.69) is 89.9 Å². The molecular formula is C28H35N7. The predicted octanol–water partition coefficient (Wildman–Crippen LogP) is 4.30. The number of anilines is 1. The molecule has 1 aliphatic rings. The van der Waals surface area contributed by atoms with E-state index in [-0.39, 0.29) is 0 Å². The first kappa shape index (κ1) is 23.5. The fourth-order valence-corrected chi connectivity index (χ4v) is 5.04. The molecule has 5 rings (SSSR count). The number of imidazole rings is 1. The minimum atomic E-state index is 0.309. The highest BCUT2D eigenvalue weighted by Crippen LogP contribution is 2.34. The molecule has 0 aromatic carbocycles. The molecule has 1 aliphatic carbocycles. The summed E-state index contributed by atoms with van der Waals surface area (Å²) in [6.45, 7) is 2.67. The molecule has 35 heavy (non-hydrogen) atoms. The molecule has 0 radical (unpaired) electrons. The Morgan fingerprint density at radius 2 is 1.86 bits per heavy atom. The number of fused-ring (bicyclic) bond motifs is 2. The molecule has 182 valence electrons. The molecule has 4 heterocycles. The van der Waals surface area contributed by atoms with Gasteiger partial charge in [-0.15, -0.1) is 0 Å². The van der Waals surface area contributed by atoms with Gasteiger partial charge in [0, 0.05) is 50.8 Å². The van der Waals surface area contributed by atoms with E-state index in [1.54, 1.807) is 0 Å². The second-order valence-corrected chi connectivity index (χ2v) is 9.84. The lowest BCUT2D eigenvalue weighted by molar-refractivity contribution is 0.207. The largest absolute Gasteiger partial charge is 0.358 e. The van der Waals surface area contributed by atoms with Crippen LogP contribution in [-0.4, -0.2) is 70.4 Å². The lowest BCUT2D eigenvalue weighted by Gasteiger charge is -2.32. The highest BCUT2D eigenvalue weighted by atomic mass is 15.2. The van der Waals surface area contributed by atoms with Crippen LogP contribution in [0.4, 0.5) is 5.82 Å². The summed E-state index contributed by atoms with van der Waals surface area (Å²) in [6, 6.07) is 15.0. The fraction of sp³-hybridized carbons (Fsp3) is 0.393. The van der Waals surface area contributed by atoms with Crippen LogP contribution in [0.15, 0.2) is 61.1 Å². The highest BCUT2D eigenvalue weighted by molar-refractivity contribution is 5.67. The van der Waals surface area contributed by atoms with Crippen LogP contribution in [0.1, 0.15) is 35.8 Å². The lowest BCUT2D eigenvalue weighted by atomic mass is 9.91. The van der Waals surface area contributed by atoms with E-state index < -0.39 is 0 Å². The third kappa shape index (κ3) is 4.92. The highest BCUT2D eigenvalue weighted by Gasteiger charge is 2.26. The van der Waals surface area contributed by atoms with Gasteiger partial charge in [0.25, 0.3) is 0 Å². The van der Waals surface area contributed by atoms with Crippen molar-refractivity contribution in [2.24, 2.45) is 0 Å². The number of rotatable bonds is 8. The molecule has 0 N–H and O–H groups in total. The SMILES string of the molecule is CN(C)CCN(C)c1ccc(-c2c(CN(C)[C@H]3CCCc4cccnc43)nc3ccccn23)cn1. The zero-order chi connectivity index (χ0) is 24.4. The Kier molecular flexibility index (Phi) is 6.79. The normalized spacial score (nSPS) is 15.7. The summed E-state index contributed by atoms with van der Waals surface area (Å²) in [5.41, 5.74) is 6.82. The number of nitrogens with zero attached hydrogens (tertiary/aromatic N) is 7. The van der Waals surface area contributed by atoms with Crippen LogP contribution in [0.3, 0.4) is 0 Å². The third-order valence-corrected chi connectivity index (χ3v) is 6.99. The first-order valence-corrected chi connectivity index (χ1v) is 12.4. The van der Waals surface area contributed by atoms with Crippen LogP contribution in [0.25, 0.3) is 16.9 Å². The minimum Gasteiger partial charge on any atom is -0.358 e. The summed E-state index contributed by atoms with van der Waals surface area (Å²) < 4.78 is 2.18. The summed E-state index contributed by atoms with van der Waals surface area (Å²) >= 11 is 0. The van der Waals surface area contributed by atoms with Gasteiger partial charge in [-0.1, -0.05) is 12.1 Å². The smallest absolute Gasteiger partial charge is 0.137 e. The van der Waals surface area contributed by atoms with Crippen molar-refractivity contribution in [1.29, 1.82) is 0 Å². The zero-order valence-corrected chi connectivity index (χ0v) is 21.2. The number of likely N-dealkylation sites (N-methyl/N-ethyl adjacent to an activating group) is 2. The van der Waals surface area contributed by atoms with E-state index in [1.165, 1.54) is 17.7 Å². The predicted molar refractivity (Wildman–Crippen MR) is 142 cm³/mol. The topological polar surface area (TPSA) is 52.8 Å². The zero-order valence-electron chi connectivity index (χ0n) is 21.2. The van der Waals surface area contributed by atoms with E-state index in [0.717, 1.165) is 60.9 Å². The average Bonchev–Trinajstić information content (AvgIpc) is 3.24. The minimum absolute atomic E-state index is 0.309. The van der Waals surface area contributed by atoms with E-state index in [0.29, 0.717) is 6.04 Å². The van der Waals surface area contributed by atoms with Gasteiger partial charge in [0.15, 0.2) is 0 Å². The molecule has 0 aliphatic heterocycles. The van der Waals surface area contributed by atoms with Gasteiger partial charge in [0.1, 0.15) is 11.5 Å². The average molecular weight is 470 g/mol. The van der Waals surface area contributed by atoms with Gasteiger partial charge in [0.2, 0.25) is 0 Å². The van der Waals surface area contributed by atoms with Crippen LogP contribution in [0.5, 0.6) is 0 Å². The number of aryl methyl sites for hydroxylation is 1. The summed E-state index contributed by atoms with van der Waals surface area (Å²) in [6.07, 6.45) is 9.43. The Balaban J connectivity index is 1.45. The van der Waals surface area contributed by atoms with Crippen molar-refractivity contribution in [3.63, 3.8) is 0 Å². The molecule has 0 saturated heterocycles. The van der Waals surface area contributed by atoms with Gasteiger partial charge in [-0.25, -0.2) is 9.97 Å². The monoisotopic (exact) mass is 469 g/mol. The quantitative estimate of drug-likeness (QED) is 0.384. The van der Waals surface area contributed by atoms with Gasteiger partial charge in [-0.2, -0.15) is 0 Å². The molecule has 0 unspecified atom stereocenters. The molecule has 7 heteroatoms. The van der Waals surface area contributed by atoms with Crippen molar-refractivity contribution in [3.05, 3.63) is 78.0 Å². The van der Waals surface area contributed by atoms with Gasteiger partial charge in [-0.05, 0) is 76.3 Å². The third-order valence-electron chi connectivity index (χ3n) is 6.99. The first-order valence-electron chi connectivity index (χ1n) is 12.4. The molecule has 0 spiro atoms. The van der Waals surface area contributed by atoms with E-state index in [1.807, 2.05) is 18.5 Å². The number of hydrogen-bond acceptors (Lipinski definition) is 6. The maximum atomic E-state index is 5.04. The number of pyridine rings is 3. The van der Waals surface area contributed by atoms with E-state index in [4.69, 9.17) is 15.0 Å². The summed E-state index contributed by atoms with van der Waals surface area (Å²) in [7, 11) is 8.48. The van der Waals surface area contributed by atoms with Crippen LogP contribution in [0.2, 0.25) is 0 Å². The Morgan fingerprint density at radius 3 is 2.66 bits per heavy atom. The second-order valence-electron chi connectivity index (χ2n) is 9.84. The van der Waals surface area contributed by atoms with Crippen molar-refractivity contribution in [2.75, 3.05) is 46.2 Å². The Morgan fingerprint density at radius 1 is 0.971 bits per heavy atom. The summed E-state index contributed by atoms with van der Waals surface area (Å²) in [4.78, 5) is 21.4. The first-order chi connectivity index (χ1) is 17.0. The van der Waals surface area contributed by atoms with Gasteiger partial charge in [0.05, 0.1) is 23.1 Å². The van der Waals surface area contributed by atoms with Crippen molar-refractivity contribution >= 4 is 11.5 Å². The molecule has 0 bridgehead atoms. The summed E-state index contributed by atoms with van der Waals surface area (Å²) in [5, 5.41) is 0. The number of aromatic nitrogens is 4. The van der Waals surface area contributed by atoms with Crippen LogP contribution < -0.4 is 4.90 Å². The number of hydrogen-bond donors (Lipinski definition) is 0. The molecule has 4 aromatic heterocycles. The Labute approximate surface area is 208 Å². The van der Waals surface area contributed by atoms with Crippen LogP contribution in [-0.2, 0) is 13.0 Å². The molecule has 0 amide bonds. The van der Waals surface area contributed by atoms with Gasteiger partial charge < -0.3 is 9.80 Å². The standard InChI is InChI=1S/C28H35N7/c1-32(2)17-18-33(3)25-14-13-22(19-30-25)28-23(31-26-12-5-6-16-35(26)28)20-34(4)24-11-7-9-21-10-8-15-29-27(21)24/h5-6,8,10,12-16,19,24H,7,9,11,17-18,20H2,1-4H3/t24-/m0/s1. The van der Waals surface area contributed by atoms with Gasteiger partial charge >= 0.3 is 0 Å². The van der Waals surface area contributed by atoms with Crippen molar-refractivity contribution in [3.8, 4) is 11.3 Å². The second kappa shape index (κ2) is 10.1. The fourth-order valence-electron chi connectivity index (χ4n) is 5.04.